The Kier molecular flexibility index (Phi) is 34.8. The van der Waals surface area contributed by atoms with Crippen molar-refractivity contribution in [3.63, 3.8) is 0 Å². The summed E-state index contributed by atoms with van der Waals surface area (Å²) in [5.74, 6) is -1.59. The lowest BCUT2D eigenvalue weighted by atomic mass is 9.95. The molecule has 5 aromatic rings. The summed E-state index contributed by atoms with van der Waals surface area (Å²) in [6.07, 6.45) is 32.7. The Morgan fingerprint density at radius 1 is 0.416 bits per heavy atom. The summed E-state index contributed by atoms with van der Waals surface area (Å²) in [4.78, 5) is 93.5. The number of hydrogen-bond donors (Lipinski definition) is 2. The molecular formula is C83H102N6O12. The molecule has 0 fully saturated rings. The molecule has 18 nitrogen and oxygen atoms in total. The number of rotatable bonds is 15. The van der Waals surface area contributed by atoms with Crippen LogP contribution < -0.4 is 10.6 Å². The average Bonchev–Trinajstić information content (AvgIpc) is 0.831. The Morgan fingerprint density at radius 3 is 1.03 bits per heavy atom. The van der Waals surface area contributed by atoms with Crippen LogP contribution >= 0.6 is 0 Å². The van der Waals surface area contributed by atoms with E-state index in [0.29, 0.717) is 105 Å². The standard InChI is InChI=1S/2C28H32N2O4.C27H38N2O4/c2*1-21-16-22(2)27-24(17-21)18-25(14-10-5-3-4-6-11-15-33-28(27)32)30-34-20-26(31)29-19-23-12-8-7-9-13-23;1-19(2)29(20(3)4)25(30)18-33-28-24-13-11-9-7-8-10-12-14-32-27(31)26-22(6)15-21(5)16-23(26)17-24/h2*4,6-10,12-14,16-17H,3,5,11,15,18-20H2,1-2H3,(H,29,31);8,10-11,13,15-16,19-20H,7,9,12,14,17-18H2,1-6H3/b6-4+,14-10+,30-25+;6-4+,14-10+,30-25-;10-8+,13-11?,28-24+. The molecule has 0 aromatic heterocycles. The second-order valence-corrected chi connectivity index (χ2v) is 25.6. The number of nitrogens with one attached hydrogen (secondary N) is 2. The summed E-state index contributed by atoms with van der Waals surface area (Å²) in [7, 11) is 0. The number of aryl methyl sites for hydroxylation is 6. The third kappa shape index (κ3) is 29.2. The van der Waals surface area contributed by atoms with Gasteiger partial charge < -0.3 is 44.3 Å². The van der Waals surface area contributed by atoms with Crippen molar-refractivity contribution in [2.24, 2.45) is 15.5 Å². The second kappa shape index (κ2) is 44.0. The zero-order valence-electron chi connectivity index (χ0n) is 60.7. The minimum absolute atomic E-state index is 0.0832. The molecule has 8 rings (SSSR count). The fourth-order valence-electron chi connectivity index (χ4n) is 11.7. The monoisotopic (exact) mass is 1370 g/mol. The largest absolute Gasteiger partial charge is 0.462 e. The van der Waals surface area contributed by atoms with Crippen LogP contribution in [0.1, 0.15) is 178 Å². The molecule has 3 aliphatic rings. The predicted octanol–water partition coefficient (Wildman–Crippen LogP) is 15.3. The Morgan fingerprint density at radius 2 is 0.713 bits per heavy atom. The van der Waals surface area contributed by atoms with Crippen LogP contribution in [-0.4, -0.2) is 109 Å². The Balaban J connectivity index is 0.000000238. The number of carbonyl (C=O) groups excluding carboxylic acids is 6. The smallest absolute Gasteiger partial charge is 0.338 e. The van der Waals surface area contributed by atoms with E-state index < -0.39 is 0 Å². The number of hydrogen-bond acceptors (Lipinski definition) is 15. The van der Waals surface area contributed by atoms with Crippen LogP contribution in [0.5, 0.6) is 0 Å². The maximum atomic E-state index is 12.8. The third-order valence-corrected chi connectivity index (χ3v) is 16.1. The van der Waals surface area contributed by atoms with E-state index in [1.807, 2.05) is 215 Å². The van der Waals surface area contributed by atoms with Gasteiger partial charge in [0.15, 0.2) is 19.8 Å². The van der Waals surface area contributed by atoms with E-state index in [0.717, 1.165) is 99.7 Å². The molecule has 18 heteroatoms. The van der Waals surface area contributed by atoms with Gasteiger partial charge in [-0.25, -0.2) is 14.4 Å². The van der Waals surface area contributed by atoms with Gasteiger partial charge >= 0.3 is 17.9 Å². The molecule has 101 heavy (non-hydrogen) atoms. The van der Waals surface area contributed by atoms with Gasteiger partial charge in [0, 0.05) is 44.4 Å². The van der Waals surface area contributed by atoms with Gasteiger partial charge in [0.2, 0.25) is 0 Å². The third-order valence-electron chi connectivity index (χ3n) is 16.1. The second-order valence-electron chi connectivity index (χ2n) is 25.6. The number of ether oxygens (including phenoxy) is 3. The summed E-state index contributed by atoms with van der Waals surface area (Å²) in [5, 5.41) is 18.4. The first kappa shape index (κ1) is 79.8. The number of allylic oxidation sites excluding steroid dienone is 9. The Labute approximate surface area is 597 Å². The van der Waals surface area contributed by atoms with Crippen LogP contribution in [0.2, 0.25) is 0 Å². The van der Waals surface area contributed by atoms with Crippen molar-refractivity contribution in [3.8, 4) is 0 Å². The topological polar surface area (TPSA) is 222 Å². The van der Waals surface area contributed by atoms with Crippen molar-refractivity contribution in [1.29, 1.82) is 0 Å². The van der Waals surface area contributed by atoms with Crippen LogP contribution in [0.3, 0.4) is 0 Å². The van der Waals surface area contributed by atoms with Crippen LogP contribution in [-0.2, 0) is 75.5 Å². The number of cyclic esters (lactones) is 3. The van der Waals surface area contributed by atoms with Gasteiger partial charge in [-0.15, -0.1) is 0 Å². The molecule has 0 unspecified atom stereocenters. The minimum atomic E-state index is -0.331. The number of nitrogens with zero attached hydrogens (tertiary/aromatic N) is 4. The van der Waals surface area contributed by atoms with Gasteiger partial charge in [-0.2, -0.15) is 0 Å². The molecule has 3 aliphatic heterocycles. The summed E-state index contributed by atoms with van der Waals surface area (Å²) >= 11 is 0. The van der Waals surface area contributed by atoms with Crippen LogP contribution in [0.4, 0.5) is 0 Å². The quantitative estimate of drug-likeness (QED) is 0.0432. The lowest BCUT2D eigenvalue weighted by Gasteiger charge is -2.30. The molecule has 0 saturated carbocycles. The summed E-state index contributed by atoms with van der Waals surface area (Å²) in [6.45, 7) is 21.1. The number of amides is 3. The highest BCUT2D eigenvalue weighted by molar-refractivity contribution is 6.02. The molecule has 0 aliphatic carbocycles. The number of carbonyl (C=O) groups is 6. The predicted molar refractivity (Wildman–Crippen MR) is 400 cm³/mol. The highest BCUT2D eigenvalue weighted by atomic mass is 16.6. The van der Waals surface area contributed by atoms with Crippen molar-refractivity contribution < 1.29 is 57.5 Å². The van der Waals surface area contributed by atoms with Gasteiger partial charge in [-0.3, -0.25) is 14.4 Å². The number of esters is 3. The molecule has 0 atom stereocenters. The van der Waals surface area contributed by atoms with E-state index in [-0.39, 0.29) is 67.5 Å². The van der Waals surface area contributed by atoms with Gasteiger partial charge in [-0.05, 0) is 190 Å². The number of oxime groups is 3. The zero-order valence-corrected chi connectivity index (χ0v) is 60.7. The zero-order chi connectivity index (χ0) is 72.7. The van der Waals surface area contributed by atoms with Gasteiger partial charge in [0.1, 0.15) is 0 Å². The molecular weight excluding hydrogens is 1270 g/mol. The molecule has 3 heterocycles. The lowest BCUT2D eigenvalue weighted by Crippen LogP contribution is -2.43. The van der Waals surface area contributed by atoms with Crippen molar-refractivity contribution >= 4 is 52.8 Å². The molecule has 0 spiro atoms. The van der Waals surface area contributed by atoms with E-state index in [4.69, 9.17) is 28.7 Å². The Bertz CT molecular complexity index is 3660. The van der Waals surface area contributed by atoms with E-state index in [2.05, 4.69) is 50.4 Å². The normalized spacial score (nSPS) is 17.6. The molecule has 0 saturated heterocycles. The highest BCUT2D eigenvalue weighted by Crippen LogP contribution is 2.24. The first-order chi connectivity index (χ1) is 48.8. The average molecular weight is 1380 g/mol. The molecule has 5 aromatic carbocycles. The van der Waals surface area contributed by atoms with Crippen molar-refractivity contribution in [2.45, 2.75) is 171 Å². The molecule has 3 amide bonds. The van der Waals surface area contributed by atoms with Crippen LogP contribution in [0.25, 0.3) is 0 Å². The van der Waals surface area contributed by atoms with E-state index in [9.17, 15) is 28.8 Å². The lowest BCUT2D eigenvalue weighted by molar-refractivity contribution is -0.139. The molecule has 0 bridgehead atoms. The summed E-state index contributed by atoms with van der Waals surface area (Å²) in [5.41, 5.74) is 13.9. The SMILES string of the molecule is Cc1cc(C)c2c(c1)C/C(=N/OCC(=O)N(C(C)C)C(C)C)C=CCC/C=C/CCOC2=O.Cc1cc(C)c2c(c1)CC(=N/OCC(=O)NCc1ccccc1)/C=C/CC/C=C/CCOC2=O.Cc1cc(C)c2c(c1)CC(=N\OCC(=O)NCc1ccccc1)/C=C/CC/C=C/CCOC2=O. The van der Waals surface area contributed by atoms with Crippen LogP contribution in [0, 0.1) is 41.5 Å². The van der Waals surface area contributed by atoms with Gasteiger partial charge in [0.05, 0.1) is 53.6 Å². The number of fused-ring (bicyclic) bond motifs is 3. The van der Waals surface area contributed by atoms with E-state index in [1.54, 1.807) is 4.90 Å². The summed E-state index contributed by atoms with van der Waals surface area (Å²) < 4.78 is 16.5. The highest BCUT2D eigenvalue weighted by Gasteiger charge is 2.24. The van der Waals surface area contributed by atoms with Crippen molar-refractivity contribution in [2.75, 3.05) is 39.6 Å². The van der Waals surface area contributed by atoms with Crippen molar-refractivity contribution in [1.82, 2.24) is 15.5 Å². The van der Waals surface area contributed by atoms with E-state index >= 15 is 0 Å². The maximum Gasteiger partial charge on any atom is 0.338 e. The number of benzene rings is 5. The Hall–Kier alpha value is -10.2. The fourth-order valence-corrected chi connectivity index (χ4v) is 11.7. The first-order valence-corrected chi connectivity index (χ1v) is 35.0. The molecule has 2 N–H and O–H groups in total. The van der Waals surface area contributed by atoms with Crippen molar-refractivity contribution in [3.05, 3.63) is 248 Å². The van der Waals surface area contributed by atoms with Gasteiger partial charge in [-0.1, -0.05) is 184 Å². The molecule has 536 valence electrons. The van der Waals surface area contributed by atoms with Gasteiger partial charge in [0.25, 0.3) is 17.7 Å². The van der Waals surface area contributed by atoms with E-state index in [1.165, 1.54) is 0 Å². The summed E-state index contributed by atoms with van der Waals surface area (Å²) in [6, 6.07) is 31.4. The maximum absolute atomic E-state index is 12.8. The first-order valence-electron chi connectivity index (χ1n) is 35.0. The van der Waals surface area contributed by atoms with Crippen LogP contribution in [0.15, 0.2) is 185 Å². The molecule has 0 radical (unpaired) electrons. The fraction of sp³-hybridized carbons (Fsp3) is 0.386. The minimum Gasteiger partial charge on any atom is -0.462 e.